The Hall–Kier alpha value is -1.26. The molecule has 3 rings (SSSR count). The van der Waals surface area contributed by atoms with E-state index in [9.17, 15) is 0 Å². The number of nitrogens with zero attached hydrogens (tertiary/aromatic N) is 2. The minimum atomic E-state index is 0.292. The van der Waals surface area contributed by atoms with Crippen LogP contribution in [0.5, 0.6) is 0 Å². The topological polar surface area (TPSA) is 43.8 Å². The molecule has 1 aromatic carbocycles. The van der Waals surface area contributed by atoms with Gasteiger partial charge in [0.25, 0.3) is 0 Å². The van der Waals surface area contributed by atoms with E-state index in [0.29, 0.717) is 17.2 Å². The van der Waals surface area contributed by atoms with Crippen molar-refractivity contribution in [2.75, 3.05) is 0 Å². The van der Waals surface area contributed by atoms with E-state index in [4.69, 9.17) is 5.73 Å². The maximum absolute atomic E-state index is 6.33. The van der Waals surface area contributed by atoms with E-state index in [1.807, 2.05) is 29.7 Å². The summed E-state index contributed by atoms with van der Waals surface area (Å²) in [5, 5.41) is 4.72. The Morgan fingerprint density at radius 2 is 2.05 bits per heavy atom. The highest BCUT2D eigenvalue weighted by molar-refractivity contribution is 8.00. The second kappa shape index (κ2) is 6.02. The predicted molar refractivity (Wildman–Crippen MR) is 83.9 cm³/mol. The number of nitrogens with two attached hydrogens (primary N) is 1. The summed E-state index contributed by atoms with van der Waals surface area (Å²) in [5.41, 5.74) is 7.78. The Balaban J connectivity index is 1.70. The van der Waals surface area contributed by atoms with Crippen molar-refractivity contribution in [3.63, 3.8) is 0 Å². The summed E-state index contributed by atoms with van der Waals surface area (Å²) in [6.45, 7) is 0. The van der Waals surface area contributed by atoms with Crippen LogP contribution in [0.2, 0.25) is 0 Å². The number of hydrogen-bond donors (Lipinski definition) is 1. The first-order chi connectivity index (χ1) is 9.72. The van der Waals surface area contributed by atoms with Gasteiger partial charge in [-0.2, -0.15) is 5.10 Å². The van der Waals surface area contributed by atoms with Crippen LogP contribution >= 0.6 is 11.8 Å². The zero-order chi connectivity index (χ0) is 13.9. The molecule has 1 aliphatic carbocycles. The lowest BCUT2D eigenvalue weighted by molar-refractivity contribution is 0.406. The summed E-state index contributed by atoms with van der Waals surface area (Å²) < 4.78 is 1.85. The molecule has 0 bridgehead atoms. The van der Waals surface area contributed by atoms with Gasteiger partial charge in [-0.1, -0.05) is 30.3 Å². The molecule has 2 N–H and O–H groups in total. The maximum Gasteiger partial charge on any atom is 0.0625 e. The van der Waals surface area contributed by atoms with Crippen LogP contribution in [0.15, 0.2) is 47.6 Å². The fourth-order valence-electron chi connectivity index (χ4n) is 2.95. The number of aromatic nitrogens is 2. The smallest absolute Gasteiger partial charge is 0.0625 e. The molecule has 20 heavy (non-hydrogen) atoms. The quantitative estimate of drug-likeness (QED) is 0.943. The van der Waals surface area contributed by atoms with E-state index in [0.717, 1.165) is 12.8 Å². The summed E-state index contributed by atoms with van der Waals surface area (Å²) in [5.74, 6) is 0.644. The highest BCUT2D eigenvalue weighted by Gasteiger charge is 2.29. The van der Waals surface area contributed by atoms with E-state index in [-0.39, 0.29) is 0 Å². The van der Waals surface area contributed by atoms with Crippen LogP contribution < -0.4 is 5.73 Å². The van der Waals surface area contributed by atoms with Crippen LogP contribution in [-0.4, -0.2) is 21.1 Å². The Labute approximate surface area is 124 Å². The summed E-state index contributed by atoms with van der Waals surface area (Å²) in [4.78, 5) is 1.22. The Bertz CT molecular complexity index is 552. The number of hydrogen-bond acceptors (Lipinski definition) is 3. The molecule has 3 nitrogen and oxygen atoms in total. The number of aryl methyl sites for hydroxylation is 1. The van der Waals surface area contributed by atoms with Crippen LogP contribution in [0.3, 0.4) is 0 Å². The van der Waals surface area contributed by atoms with Crippen LogP contribution in [0.25, 0.3) is 0 Å². The second-order valence-electron chi connectivity index (χ2n) is 5.59. The van der Waals surface area contributed by atoms with E-state index in [1.165, 1.54) is 16.9 Å². The lowest BCUT2D eigenvalue weighted by atomic mass is 9.82. The standard InChI is InChI=1S/C16H21N3S/c1-19-11-14(10-18-19)20-16-9-13(7-8-15(16)17)12-5-3-2-4-6-12/h2-6,10-11,13,15-16H,7-9,17H2,1H3. The maximum atomic E-state index is 6.33. The zero-order valence-electron chi connectivity index (χ0n) is 11.8. The number of thioether (sulfide) groups is 1. The third-order valence-electron chi connectivity index (χ3n) is 4.08. The average molecular weight is 287 g/mol. The van der Waals surface area contributed by atoms with Gasteiger partial charge in [-0.25, -0.2) is 0 Å². The SMILES string of the molecule is Cn1cc(SC2CC(c3ccccc3)CCC2N)cn1. The summed E-state index contributed by atoms with van der Waals surface area (Å²) >= 11 is 1.88. The Kier molecular flexibility index (Phi) is 4.13. The highest BCUT2D eigenvalue weighted by Crippen LogP contribution is 2.39. The molecule has 1 fully saturated rings. The minimum absolute atomic E-state index is 0.292. The van der Waals surface area contributed by atoms with Crippen molar-refractivity contribution in [1.29, 1.82) is 0 Å². The summed E-state index contributed by atoms with van der Waals surface area (Å²) in [7, 11) is 1.96. The molecule has 3 unspecified atom stereocenters. The van der Waals surface area contributed by atoms with Gasteiger partial charge in [0.2, 0.25) is 0 Å². The molecule has 1 aromatic heterocycles. The van der Waals surface area contributed by atoms with Crippen molar-refractivity contribution in [2.24, 2.45) is 12.8 Å². The predicted octanol–water partition coefficient (Wildman–Crippen LogP) is 3.18. The molecule has 0 amide bonds. The highest BCUT2D eigenvalue weighted by atomic mass is 32.2. The van der Waals surface area contributed by atoms with Crippen LogP contribution in [0.1, 0.15) is 30.7 Å². The summed E-state index contributed by atoms with van der Waals surface area (Å²) in [6.07, 6.45) is 7.48. The fraction of sp³-hybridized carbons (Fsp3) is 0.438. The molecule has 2 aromatic rings. The Morgan fingerprint density at radius 3 is 2.75 bits per heavy atom. The van der Waals surface area contributed by atoms with E-state index in [2.05, 4.69) is 41.6 Å². The summed E-state index contributed by atoms with van der Waals surface area (Å²) in [6, 6.07) is 11.1. The third kappa shape index (κ3) is 3.07. The largest absolute Gasteiger partial charge is 0.327 e. The van der Waals surface area contributed by atoms with Crippen molar-refractivity contribution in [1.82, 2.24) is 9.78 Å². The first-order valence-corrected chi connectivity index (χ1v) is 8.06. The van der Waals surface area contributed by atoms with Gasteiger partial charge >= 0.3 is 0 Å². The van der Waals surface area contributed by atoms with Crippen molar-refractivity contribution < 1.29 is 0 Å². The molecular weight excluding hydrogens is 266 g/mol. The van der Waals surface area contributed by atoms with Gasteiger partial charge in [-0.05, 0) is 30.7 Å². The van der Waals surface area contributed by atoms with Gasteiger partial charge in [0.1, 0.15) is 0 Å². The lowest BCUT2D eigenvalue weighted by Gasteiger charge is -2.33. The fourth-order valence-corrected chi connectivity index (χ4v) is 4.26. The molecule has 106 valence electrons. The van der Waals surface area contributed by atoms with E-state index < -0.39 is 0 Å². The van der Waals surface area contributed by atoms with Crippen molar-refractivity contribution in [2.45, 2.75) is 41.4 Å². The second-order valence-corrected chi connectivity index (χ2v) is 6.90. The average Bonchev–Trinajstić information content (AvgIpc) is 2.88. The Morgan fingerprint density at radius 1 is 1.25 bits per heavy atom. The van der Waals surface area contributed by atoms with Gasteiger partial charge in [-0.15, -0.1) is 11.8 Å². The molecule has 0 spiro atoms. The molecule has 1 saturated carbocycles. The molecule has 3 atom stereocenters. The monoisotopic (exact) mass is 287 g/mol. The molecule has 4 heteroatoms. The van der Waals surface area contributed by atoms with Crippen LogP contribution in [0.4, 0.5) is 0 Å². The molecule has 1 aliphatic rings. The normalized spacial score (nSPS) is 26.6. The number of rotatable bonds is 3. The van der Waals surface area contributed by atoms with E-state index in [1.54, 1.807) is 0 Å². The van der Waals surface area contributed by atoms with Gasteiger partial charge in [0, 0.05) is 29.4 Å². The van der Waals surface area contributed by atoms with Crippen LogP contribution in [0, 0.1) is 0 Å². The van der Waals surface area contributed by atoms with E-state index >= 15 is 0 Å². The van der Waals surface area contributed by atoms with Gasteiger partial charge in [-0.3, -0.25) is 4.68 Å². The number of benzene rings is 1. The van der Waals surface area contributed by atoms with Crippen LogP contribution in [-0.2, 0) is 7.05 Å². The van der Waals surface area contributed by atoms with Crippen molar-refractivity contribution >= 4 is 11.8 Å². The third-order valence-corrected chi connectivity index (χ3v) is 5.41. The first-order valence-electron chi connectivity index (χ1n) is 7.18. The minimum Gasteiger partial charge on any atom is -0.327 e. The molecule has 0 aliphatic heterocycles. The molecule has 1 heterocycles. The lowest BCUT2D eigenvalue weighted by Crippen LogP contribution is -2.37. The molecule has 0 saturated heterocycles. The van der Waals surface area contributed by atoms with Crippen molar-refractivity contribution in [3.05, 3.63) is 48.3 Å². The van der Waals surface area contributed by atoms with Gasteiger partial charge in [0.05, 0.1) is 6.20 Å². The van der Waals surface area contributed by atoms with Crippen molar-refractivity contribution in [3.8, 4) is 0 Å². The molecular formula is C16H21N3S. The van der Waals surface area contributed by atoms with Gasteiger partial charge < -0.3 is 5.73 Å². The zero-order valence-corrected chi connectivity index (χ0v) is 12.6. The van der Waals surface area contributed by atoms with Gasteiger partial charge in [0.15, 0.2) is 0 Å². The molecule has 0 radical (unpaired) electrons. The first kappa shape index (κ1) is 13.7.